The maximum atomic E-state index is 13.6. The van der Waals surface area contributed by atoms with Crippen LogP contribution in [0.3, 0.4) is 0 Å². The summed E-state index contributed by atoms with van der Waals surface area (Å²) in [5.74, 6) is -0.335. The Balaban J connectivity index is 1.83. The molecule has 4 heterocycles. The van der Waals surface area contributed by atoms with Gasteiger partial charge in [0.2, 0.25) is 0 Å². The number of hydrogen-bond acceptors (Lipinski definition) is 3. The van der Waals surface area contributed by atoms with Crippen LogP contribution in [-0.4, -0.2) is 19.1 Å². The molecule has 170 valence electrons. The van der Waals surface area contributed by atoms with Crippen LogP contribution in [0.5, 0.6) is 0 Å². The summed E-state index contributed by atoms with van der Waals surface area (Å²) in [5.41, 5.74) is 6.52. The Labute approximate surface area is 195 Å². The second-order valence-corrected chi connectivity index (χ2v) is 8.63. The fraction of sp³-hybridized carbons (Fsp3) is 0.148. The molecule has 34 heavy (non-hydrogen) atoms. The van der Waals surface area contributed by atoms with Gasteiger partial charge in [-0.15, -0.1) is 0 Å². The van der Waals surface area contributed by atoms with E-state index in [1.807, 2.05) is 32.0 Å². The Morgan fingerprint density at radius 2 is 1.44 bits per heavy atom. The number of fused-ring (bicyclic) bond motifs is 1. The fourth-order valence-electron chi connectivity index (χ4n) is 4.41. The highest BCUT2D eigenvalue weighted by Crippen LogP contribution is 2.36. The summed E-state index contributed by atoms with van der Waals surface area (Å²) in [7, 11) is 3.36. The average Bonchev–Trinajstić information content (AvgIpc) is 3.24. The van der Waals surface area contributed by atoms with Crippen molar-refractivity contribution in [3.8, 4) is 33.5 Å². The van der Waals surface area contributed by atoms with Crippen molar-refractivity contribution in [2.75, 3.05) is 0 Å². The average molecular weight is 455 g/mol. The van der Waals surface area contributed by atoms with E-state index in [0.717, 1.165) is 39.3 Å². The number of nitrogens with zero attached hydrogens (tertiary/aromatic N) is 3. The Morgan fingerprint density at radius 3 is 2.12 bits per heavy atom. The van der Waals surface area contributed by atoms with Gasteiger partial charge in [0.1, 0.15) is 11.3 Å². The molecule has 7 heteroatoms. The molecule has 0 radical (unpaired) electrons. The molecule has 4 aromatic heterocycles. The van der Waals surface area contributed by atoms with Crippen LogP contribution < -0.4 is 11.1 Å². The van der Waals surface area contributed by atoms with E-state index in [-0.39, 0.29) is 16.9 Å². The van der Waals surface area contributed by atoms with Crippen molar-refractivity contribution in [3.63, 3.8) is 0 Å². The number of nitrogens with one attached hydrogen (secondary N) is 1. The Morgan fingerprint density at radius 1 is 0.794 bits per heavy atom. The molecule has 0 aliphatic rings. The Bertz CT molecular complexity index is 1670. The van der Waals surface area contributed by atoms with Crippen molar-refractivity contribution in [3.05, 3.63) is 98.8 Å². The lowest BCUT2D eigenvalue weighted by molar-refractivity contribution is 0.628. The van der Waals surface area contributed by atoms with E-state index in [1.165, 1.54) is 21.3 Å². The number of aromatic nitrogens is 4. The van der Waals surface area contributed by atoms with E-state index in [9.17, 15) is 14.0 Å². The van der Waals surface area contributed by atoms with E-state index in [0.29, 0.717) is 16.5 Å². The smallest absolute Gasteiger partial charge is 0.274 e. The monoisotopic (exact) mass is 454 g/mol. The minimum Gasteiger partial charge on any atom is -0.350 e. The van der Waals surface area contributed by atoms with Crippen molar-refractivity contribution in [1.29, 1.82) is 0 Å². The summed E-state index contributed by atoms with van der Waals surface area (Å²) in [6.45, 7) is 3.86. The van der Waals surface area contributed by atoms with Gasteiger partial charge in [0.25, 0.3) is 11.1 Å². The first-order valence-electron chi connectivity index (χ1n) is 10.9. The predicted octanol–water partition coefficient (Wildman–Crippen LogP) is 4.72. The van der Waals surface area contributed by atoms with Gasteiger partial charge in [-0.3, -0.25) is 14.6 Å². The first-order chi connectivity index (χ1) is 16.2. The SMILES string of the molecule is Cc1cc(-c2cc3c(-c4cc(=O)n(C)cc4-c4ccc(F)cc4)cn(C)c(=O)c3[nH]2)cc(C)n1. The first-order valence-corrected chi connectivity index (χ1v) is 10.9. The number of pyridine rings is 3. The van der Waals surface area contributed by atoms with Gasteiger partial charge in [0.15, 0.2) is 0 Å². The molecule has 6 nitrogen and oxygen atoms in total. The molecule has 5 aromatic rings. The second-order valence-electron chi connectivity index (χ2n) is 8.63. The van der Waals surface area contributed by atoms with Crippen LogP contribution in [0.15, 0.2) is 70.5 Å². The molecule has 0 fully saturated rings. The number of halogens is 1. The molecule has 0 bridgehead atoms. The third kappa shape index (κ3) is 3.65. The lowest BCUT2D eigenvalue weighted by Crippen LogP contribution is -2.18. The number of H-pyrrole nitrogens is 1. The van der Waals surface area contributed by atoms with Crippen LogP contribution in [0.25, 0.3) is 44.4 Å². The molecule has 5 rings (SSSR count). The van der Waals surface area contributed by atoms with Crippen LogP contribution in [-0.2, 0) is 14.1 Å². The molecule has 0 unspecified atom stereocenters. The van der Waals surface area contributed by atoms with Gasteiger partial charge in [0.05, 0.1) is 0 Å². The topological polar surface area (TPSA) is 72.7 Å². The van der Waals surface area contributed by atoms with Crippen LogP contribution >= 0.6 is 0 Å². The molecular weight excluding hydrogens is 431 g/mol. The minimum atomic E-state index is -0.335. The van der Waals surface area contributed by atoms with Crippen molar-refractivity contribution in [1.82, 2.24) is 19.1 Å². The summed E-state index contributed by atoms with van der Waals surface area (Å²) in [4.78, 5) is 33.4. The zero-order valence-corrected chi connectivity index (χ0v) is 19.3. The van der Waals surface area contributed by atoms with Gasteiger partial charge in [-0.1, -0.05) is 12.1 Å². The van der Waals surface area contributed by atoms with Crippen molar-refractivity contribution in [2.45, 2.75) is 13.8 Å². The van der Waals surface area contributed by atoms with Crippen LogP contribution in [0, 0.1) is 19.7 Å². The second kappa shape index (κ2) is 7.95. The van der Waals surface area contributed by atoms with E-state index in [2.05, 4.69) is 9.97 Å². The standard InChI is InChI=1S/C27H23FN4O2/c1-15-9-18(10-16(2)29-15)24-11-21-23(14-32(4)27(34)26(21)30-24)20-12-25(33)31(3)13-22(20)17-5-7-19(28)8-6-17/h5-14,30H,1-4H3. The maximum Gasteiger partial charge on any atom is 0.274 e. The number of aromatic amines is 1. The lowest BCUT2D eigenvalue weighted by atomic mass is 9.95. The van der Waals surface area contributed by atoms with Crippen LogP contribution in [0.4, 0.5) is 4.39 Å². The normalized spacial score (nSPS) is 11.3. The molecule has 0 amide bonds. The molecule has 0 saturated carbocycles. The number of hydrogen-bond donors (Lipinski definition) is 1. The zero-order chi connectivity index (χ0) is 24.1. The third-order valence-corrected chi connectivity index (χ3v) is 6.03. The van der Waals surface area contributed by atoms with Crippen LogP contribution in [0.2, 0.25) is 0 Å². The third-order valence-electron chi connectivity index (χ3n) is 6.03. The predicted molar refractivity (Wildman–Crippen MR) is 132 cm³/mol. The Hall–Kier alpha value is -4.26. The van der Waals surface area contributed by atoms with Crippen molar-refractivity contribution in [2.24, 2.45) is 14.1 Å². The van der Waals surface area contributed by atoms with Gasteiger partial charge < -0.3 is 14.1 Å². The van der Waals surface area contributed by atoms with Gasteiger partial charge in [-0.05, 0) is 55.3 Å². The maximum absolute atomic E-state index is 13.6. The van der Waals surface area contributed by atoms with Crippen molar-refractivity contribution < 1.29 is 4.39 Å². The quantitative estimate of drug-likeness (QED) is 0.429. The van der Waals surface area contributed by atoms with E-state index < -0.39 is 0 Å². The summed E-state index contributed by atoms with van der Waals surface area (Å²) in [6.07, 6.45) is 3.48. The molecule has 0 spiro atoms. The van der Waals surface area contributed by atoms with Crippen molar-refractivity contribution >= 4 is 10.9 Å². The zero-order valence-electron chi connectivity index (χ0n) is 19.3. The highest BCUT2D eigenvalue weighted by Gasteiger charge is 2.18. The van der Waals surface area contributed by atoms with E-state index in [1.54, 1.807) is 44.7 Å². The van der Waals surface area contributed by atoms with Gasteiger partial charge in [0, 0.05) is 71.7 Å². The molecule has 0 aliphatic heterocycles. The molecule has 0 saturated heterocycles. The van der Waals surface area contributed by atoms with E-state index in [4.69, 9.17) is 0 Å². The largest absolute Gasteiger partial charge is 0.350 e. The molecule has 1 aromatic carbocycles. The first kappa shape index (κ1) is 21.6. The lowest BCUT2D eigenvalue weighted by Gasteiger charge is -2.14. The summed E-state index contributed by atoms with van der Waals surface area (Å²) >= 11 is 0. The Kier molecular flexibility index (Phi) is 5.05. The molecule has 1 N–H and O–H groups in total. The highest BCUT2D eigenvalue weighted by atomic mass is 19.1. The highest BCUT2D eigenvalue weighted by molar-refractivity contribution is 6.00. The molecule has 0 aliphatic carbocycles. The van der Waals surface area contributed by atoms with Gasteiger partial charge in [-0.2, -0.15) is 0 Å². The number of benzene rings is 1. The summed E-state index contributed by atoms with van der Waals surface area (Å²) in [5, 5.41) is 0.710. The number of aryl methyl sites for hydroxylation is 4. The number of rotatable bonds is 3. The van der Waals surface area contributed by atoms with E-state index >= 15 is 0 Å². The van der Waals surface area contributed by atoms with Gasteiger partial charge in [-0.25, -0.2) is 4.39 Å². The summed E-state index contributed by atoms with van der Waals surface area (Å²) < 4.78 is 16.6. The van der Waals surface area contributed by atoms with Gasteiger partial charge >= 0.3 is 0 Å². The summed E-state index contributed by atoms with van der Waals surface area (Å²) in [6, 6.07) is 13.6. The minimum absolute atomic E-state index is 0.167. The fourth-order valence-corrected chi connectivity index (χ4v) is 4.41. The molecular formula is C27H23FN4O2. The molecule has 0 atom stereocenters. The van der Waals surface area contributed by atoms with Crippen LogP contribution in [0.1, 0.15) is 11.4 Å².